The molecule has 4 amide bonds. The summed E-state index contributed by atoms with van der Waals surface area (Å²) in [6, 6.07) is 18.2. The predicted octanol–water partition coefficient (Wildman–Crippen LogP) is 4.19. The number of anilines is 1. The van der Waals surface area contributed by atoms with Crippen LogP contribution < -0.4 is 10.2 Å². The van der Waals surface area contributed by atoms with Gasteiger partial charge in [0, 0.05) is 11.9 Å². The van der Waals surface area contributed by atoms with Crippen molar-refractivity contribution in [2.45, 2.75) is 25.8 Å². The average Bonchev–Trinajstić information content (AvgIpc) is 3.05. The molecule has 1 heterocycles. The number of hydrogen-bond acceptors (Lipinski definition) is 3. The number of likely N-dealkylation sites (N-methyl/N-ethyl adjacent to an activating group) is 1. The summed E-state index contributed by atoms with van der Waals surface area (Å²) in [6.07, 6.45) is 0.273. The number of carbonyl (C=O) groups excluding carboxylic acids is 3. The van der Waals surface area contributed by atoms with Crippen molar-refractivity contribution in [1.29, 1.82) is 0 Å². The molecule has 1 fully saturated rings. The second kappa shape index (κ2) is 8.42. The van der Waals surface area contributed by atoms with Crippen molar-refractivity contribution in [3.8, 4) is 0 Å². The number of halogens is 1. The molecule has 3 aromatic rings. The number of fused-ring (bicyclic) bond motifs is 1. The Labute approximate surface area is 185 Å². The molecular weight excluding hydrogens is 409 g/mol. The first-order valence-corrected chi connectivity index (χ1v) is 10.6. The van der Waals surface area contributed by atoms with Gasteiger partial charge in [0.2, 0.25) is 5.91 Å². The normalized spacial score (nSPS) is 18.2. The van der Waals surface area contributed by atoms with E-state index in [0.717, 1.165) is 21.4 Å². The van der Waals surface area contributed by atoms with Crippen LogP contribution in [0.5, 0.6) is 0 Å². The summed E-state index contributed by atoms with van der Waals surface area (Å²) in [5, 5.41) is 4.64. The van der Waals surface area contributed by atoms with Crippen LogP contribution in [0.2, 0.25) is 0 Å². The quantitative estimate of drug-likeness (QED) is 0.593. The van der Waals surface area contributed by atoms with Gasteiger partial charge in [0.15, 0.2) is 0 Å². The summed E-state index contributed by atoms with van der Waals surface area (Å²) >= 11 is 0. The van der Waals surface area contributed by atoms with Gasteiger partial charge in [0.05, 0.1) is 5.69 Å². The molecule has 164 valence electrons. The number of benzene rings is 3. The molecule has 6 nitrogen and oxygen atoms in total. The van der Waals surface area contributed by atoms with Crippen LogP contribution in [0.1, 0.15) is 25.8 Å². The Morgan fingerprint density at radius 2 is 1.69 bits per heavy atom. The molecule has 1 N–H and O–H groups in total. The molecule has 0 saturated carbocycles. The Bertz CT molecular complexity index is 1190. The maximum atomic E-state index is 13.4. The molecule has 0 aliphatic carbocycles. The van der Waals surface area contributed by atoms with Gasteiger partial charge in [0.25, 0.3) is 5.91 Å². The Hall–Kier alpha value is -3.74. The summed E-state index contributed by atoms with van der Waals surface area (Å²) in [5.74, 6) is -1.31. The van der Waals surface area contributed by atoms with E-state index in [2.05, 4.69) is 5.32 Å². The first-order chi connectivity index (χ1) is 15.4. The van der Waals surface area contributed by atoms with Crippen LogP contribution in [0, 0.1) is 5.82 Å². The second-order valence-corrected chi connectivity index (χ2v) is 7.72. The molecule has 1 aliphatic heterocycles. The Balaban J connectivity index is 1.63. The van der Waals surface area contributed by atoms with Gasteiger partial charge in [-0.05, 0) is 42.5 Å². The fourth-order valence-electron chi connectivity index (χ4n) is 4.29. The largest absolute Gasteiger partial charge is 0.325 e. The summed E-state index contributed by atoms with van der Waals surface area (Å²) in [6.45, 7) is 3.61. The lowest BCUT2D eigenvalue weighted by Gasteiger charge is -2.27. The van der Waals surface area contributed by atoms with Gasteiger partial charge >= 0.3 is 6.03 Å². The highest BCUT2D eigenvalue weighted by molar-refractivity contribution is 6.12. The van der Waals surface area contributed by atoms with E-state index in [9.17, 15) is 18.8 Å². The van der Waals surface area contributed by atoms with Crippen LogP contribution in [-0.2, 0) is 15.1 Å². The van der Waals surface area contributed by atoms with Crippen molar-refractivity contribution in [1.82, 2.24) is 10.2 Å². The lowest BCUT2D eigenvalue weighted by atomic mass is 9.87. The van der Waals surface area contributed by atoms with E-state index in [-0.39, 0.29) is 18.9 Å². The summed E-state index contributed by atoms with van der Waals surface area (Å²) in [4.78, 5) is 41.8. The van der Waals surface area contributed by atoms with Gasteiger partial charge in [-0.3, -0.25) is 14.5 Å². The molecule has 0 radical (unpaired) electrons. The van der Waals surface area contributed by atoms with Gasteiger partial charge < -0.3 is 10.2 Å². The molecule has 0 aromatic heterocycles. The number of urea groups is 1. The van der Waals surface area contributed by atoms with Gasteiger partial charge in [-0.2, -0.15) is 0 Å². The van der Waals surface area contributed by atoms with Gasteiger partial charge in [0.1, 0.15) is 17.9 Å². The van der Waals surface area contributed by atoms with Crippen LogP contribution in [0.25, 0.3) is 10.8 Å². The average molecular weight is 433 g/mol. The highest BCUT2D eigenvalue weighted by Crippen LogP contribution is 2.33. The van der Waals surface area contributed by atoms with E-state index < -0.39 is 23.3 Å². The van der Waals surface area contributed by atoms with Gasteiger partial charge in [-0.1, -0.05) is 55.5 Å². The third kappa shape index (κ3) is 3.49. The molecule has 1 atom stereocenters. The number of carbonyl (C=O) groups is 3. The maximum Gasteiger partial charge on any atom is 0.325 e. The minimum atomic E-state index is -1.32. The molecule has 1 unspecified atom stereocenters. The molecule has 3 aromatic carbocycles. The Kier molecular flexibility index (Phi) is 5.65. The van der Waals surface area contributed by atoms with Crippen molar-refractivity contribution in [3.05, 3.63) is 78.1 Å². The van der Waals surface area contributed by atoms with Crippen LogP contribution >= 0.6 is 0 Å². The molecule has 1 aliphatic rings. The van der Waals surface area contributed by atoms with Crippen LogP contribution in [-0.4, -0.2) is 35.8 Å². The lowest BCUT2D eigenvalue weighted by molar-refractivity contribution is -0.134. The minimum absolute atomic E-state index is 0.273. The predicted molar refractivity (Wildman–Crippen MR) is 121 cm³/mol. The Morgan fingerprint density at radius 1 is 1.00 bits per heavy atom. The molecule has 32 heavy (non-hydrogen) atoms. The van der Waals surface area contributed by atoms with Crippen LogP contribution in [0.4, 0.5) is 14.9 Å². The highest BCUT2D eigenvalue weighted by atomic mass is 19.1. The topological polar surface area (TPSA) is 69.7 Å². The first kappa shape index (κ1) is 21.5. The third-order valence-electron chi connectivity index (χ3n) is 6.01. The zero-order chi connectivity index (χ0) is 22.9. The van der Waals surface area contributed by atoms with E-state index in [1.54, 1.807) is 11.8 Å². The number of nitrogens with zero attached hydrogens (tertiary/aromatic N) is 2. The zero-order valence-corrected chi connectivity index (χ0v) is 18.0. The van der Waals surface area contributed by atoms with Crippen molar-refractivity contribution in [2.24, 2.45) is 0 Å². The van der Waals surface area contributed by atoms with Crippen LogP contribution in [0.3, 0.4) is 0 Å². The van der Waals surface area contributed by atoms with E-state index >= 15 is 0 Å². The number of nitrogens with one attached hydrogen (secondary N) is 1. The molecule has 4 rings (SSSR count). The molecule has 0 bridgehead atoms. The molecule has 0 spiro atoms. The third-order valence-corrected chi connectivity index (χ3v) is 6.01. The van der Waals surface area contributed by atoms with Crippen molar-refractivity contribution >= 4 is 34.3 Å². The number of rotatable bonds is 6. The number of amides is 4. The standard InChI is InChI=1S/C25H24FN3O3/c1-3-25(18-12-14-19(26)15-13-18)23(31)29(24(32)27-25)16-22(30)28(4-2)21-11-7-9-17-8-5-6-10-20(17)21/h5-15H,3-4,16H2,1-2H3,(H,27,32). The monoisotopic (exact) mass is 433 g/mol. The van der Waals surface area contributed by atoms with E-state index in [4.69, 9.17) is 0 Å². The highest BCUT2D eigenvalue weighted by Gasteiger charge is 2.51. The summed E-state index contributed by atoms with van der Waals surface area (Å²) < 4.78 is 13.4. The van der Waals surface area contributed by atoms with Crippen molar-refractivity contribution in [2.75, 3.05) is 18.0 Å². The Morgan fingerprint density at radius 3 is 2.38 bits per heavy atom. The zero-order valence-electron chi connectivity index (χ0n) is 18.0. The second-order valence-electron chi connectivity index (χ2n) is 7.72. The number of hydrogen-bond donors (Lipinski definition) is 1. The van der Waals surface area contributed by atoms with Crippen LogP contribution in [0.15, 0.2) is 66.7 Å². The lowest BCUT2D eigenvalue weighted by Crippen LogP contribution is -2.45. The fraction of sp³-hybridized carbons (Fsp3) is 0.240. The minimum Gasteiger partial charge on any atom is -0.319 e. The maximum absolute atomic E-state index is 13.4. The summed E-state index contributed by atoms with van der Waals surface area (Å²) in [7, 11) is 0. The first-order valence-electron chi connectivity index (χ1n) is 10.6. The molecule has 1 saturated heterocycles. The van der Waals surface area contributed by atoms with E-state index in [0.29, 0.717) is 12.1 Å². The van der Waals surface area contributed by atoms with Crippen molar-refractivity contribution in [3.63, 3.8) is 0 Å². The summed E-state index contributed by atoms with van der Waals surface area (Å²) in [5.41, 5.74) is -0.110. The molecular formula is C25H24FN3O3. The van der Waals surface area contributed by atoms with E-state index in [1.807, 2.05) is 49.4 Å². The van der Waals surface area contributed by atoms with Gasteiger partial charge in [-0.25, -0.2) is 9.18 Å². The van der Waals surface area contributed by atoms with Gasteiger partial charge in [-0.15, -0.1) is 0 Å². The molecule has 7 heteroatoms. The van der Waals surface area contributed by atoms with E-state index in [1.165, 1.54) is 24.3 Å². The smallest absolute Gasteiger partial charge is 0.319 e. The SMILES string of the molecule is CCN(C(=O)CN1C(=O)NC(CC)(c2ccc(F)cc2)C1=O)c1cccc2ccccc12. The number of imide groups is 1. The van der Waals surface area contributed by atoms with Crippen molar-refractivity contribution < 1.29 is 18.8 Å². The fourth-order valence-corrected chi connectivity index (χ4v) is 4.29.